The highest BCUT2D eigenvalue weighted by Gasteiger charge is 2.50. The molecule has 2 aliphatic rings. The summed E-state index contributed by atoms with van der Waals surface area (Å²) < 4.78 is 31.4. The van der Waals surface area contributed by atoms with Gasteiger partial charge >= 0.3 is 5.97 Å². The minimum Gasteiger partial charge on any atom is -0.452 e. The first-order valence-electron chi connectivity index (χ1n) is 8.61. The lowest BCUT2D eigenvalue weighted by Gasteiger charge is -2.39. The summed E-state index contributed by atoms with van der Waals surface area (Å²) in [6.07, 6.45) is 2.91. The zero-order valence-corrected chi connectivity index (χ0v) is 15.8. The Hall–Kier alpha value is -1.69. The molecule has 7 heteroatoms. The van der Waals surface area contributed by atoms with E-state index in [-0.39, 0.29) is 33.4 Å². The van der Waals surface area contributed by atoms with Crippen LogP contribution >= 0.6 is 11.6 Å². The molecule has 4 nitrogen and oxygen atoms in total. The highest BCUT2D eigenvalue weighted by molar-refractivity contribution is 6.33. The number of carbonyl (C=O) groups excluding carboxylic acids is 2. The van der Waals surface area contributed by atoms with Gasteiger partial charge in [-0.25, -0.2) is 13.6 Å². The van der Waals surface area contributed by atoms with Gasteiger partial charge in [0.2, 0.25) is 0 Å². The number of carbonyl (C=O) groups is 2. The highest BCUT2D eigenvalue weighted by Crippen LogP contribution is 2.52. The van der Waals surface area contributed by atoms with Gasteiger partial charge in [0.15, 0.2) is 18.2 Å². The van der Waals surface area contributed by atoms with Gasteiger partial charge in [-0.1, -0.05) is 32.4 Å². The fourth-order valence-corrected chi connectivity index (χ4v) is 4.95. The normalized spacial score (nSPS) is 26.7. The number of nitrogens with zero attached hydrogens (tertiary/aromatic N) is 1. The van der Waals surface area contributed by atoms with Crippen molar-refractivity contribution in [3.63, 3.8) is 0 Å². The number of amides is 1. The van der Waals surface area contributed by atoms with Crippen molar-refractivity contribution >= 4 is 23.5 Å². The van der Waals surface area contributed by atoms with Gasteiger partial charge in [0, 0.05) is 12.6 Å². The minimum atomic E-state index is -1.20. The summed E-state index contributed by atoms with van der Waals surface area (Å²) in [6, 6.07) is 1.53. The van der Waals surface area contributed by atoms with Crippen molar-refractivity contribution in [3.05, 3.63) is 34.4 Å². The first-order chi connectivity index (χ1) is 12.0. The predicted molar refractivity (Wildman–Crippen MR) is 92.9 cm³/mol. The molecule has 1 saturated carbocycles. The van der Waals surface area contributed by atoms with Gasteiger partial charge in [0.05, 0.1) is 10.6 Å². The summed E-state index contributed by atoms with van der Waals surface area (Å²) in [5.74, 6) is -3.57. The average Bonchev–Trinajstić information content (AvgIpc) is 2.77. The zero-order chi connectivity index (χ0) is 19.3. The largest absolute Gasteiger partial charge is 0.452 e. The van der Waals surface area contributed by atoms with E-state index < -0.39 is 24.2 Å². The quantitative estimate of drug-likeness (QED) is 0.578. The fourth-order valence-electron chi connectivity index (χ4n) is 4.72. The van der Waals surface area contributed by atoms with E-state index in [9.17, 15) is 18.4 Å². The molecule has 0 aromatic heterocycles. The van der Waals surface area contributed by atoms with Gasteiger partial charge in [-0.05, 0) is 42.2 Å². The second kappa shape index (κ2) is 6.48. The molecule has 0 spiro atoms. The van der Waals surface area contributed by atoms with Crippen LogP contribution in [0.3, 0.4) is 0 Å². The van der Waals surface area contributed by atoms with E-state index in [0.717, 1.165) is 19.3 Å². The molecule has 142 valence electrons. The van der Waals surface area contributed by atoms with Gasteiger partial charge in [0.25, 0.3) is 5.91 Å². The molecule has 2 bridgehead atoms. The molecule has 0 N–H and O–H groups in total. The van der Waals surface area contributed by atoms with Crippen molar-refractivity contribution in [1.82, 2.24) is 4.90 Å². The number of benzene rings is 1. The van der Waals surface area contributed by atoms with Crippen LogP contribution in [0.1, 0.15) is 50.4 Å². The number of halogens is 3. The molecule has 1 aliphatic heterocycles. The zero-order valence-electron chi connectivity index (χ0n) is 15.1. The van der Waals surface area contributed by atoms with Crippen LogP contribution in [-0.2, 0) is 9.53 Å². The van der Waals surface area contributed by atoms with E-state index in [0.29, 0.717) is 18.7 Å². The third-order valence-electron chi connectivity index (χ3n) is 5.29. The molecule has 1 aromatic carbocycles. The average molecular weight is 386 g/mol. The summed E-state index contributed by atoms with van der Waals surface area (Å²) in [4.78, 5) is 26.4. The summed E-state index contributed by atoms with van der Waals surface area (Å²) >= 11 is 5.76. The molecule has 2 unspecified atom stereocenters. The molecular formula is C19H22ClF2NO3. The van der Waals surface area contributed by atoms with Gasteiger partial charge in [-0.2, -0.15) is 0 Å². The number of esters is 1. The van der Waals surface area contributed by atoms with Crippen molar-refractivity contribution in [3.8, 4) is 0 Å². The van der Waals surface area contributed by atoms with Crippen molar-refractivity contribution < 1.29 is 23.1 Å². The third kappa shape index (κ3) is 3.70. The number of rotatable bonds is 3. The molecule has 26 heavy (non-hydrogen) atoms. The SMILES string of the molecule is CC1(C)CC2CC(C)(CN2C(=O)COC(=O)c2cc(F)c(F)cc2Cl)C1. The summed E-state index contributed by atoms with van der Waals surface area (Å²) in [5, 5.41) is -0.257. The maximum atomic E-state index is 13.3. The maximum Gasteiger partial charge on any atom is 0.340 e. The number of fused-ring (bicyclic) bond motifs is 2. The molecule has 2 atom stereocenters. The number of ether oxygens (including phenoxy) is 1. The van der Waals surface area contributed by atoms with Crippen molar-refractivity contribution in [1.29, 1.82) is 0 Å². The Morgan fingerprint density at radius 1 is 1.23 bits per heavy atom. The van der Waals surface area contributed by atoms with E-state index in [1.165, 1.54) is 0 Å². The van der Waals surface area contributed by atoms with Crippen LogP contribution in [0.2, 0.25) is 5.02 Å². The van der Waals surface area contributed by atoms with Crippen molar-refractivity contribution in [2.45, 2.75) is 46.1 Å². The molecule has 1 saturated heterocycles. The smallest absolute Gasteiger partial charge is 0.340 e. The predicted octanol–water partition coefficient (Wildman–Crippen LogP) is 4.20. The summed E-state index contributed by atoms with van der Waals surface area (Å²) in [7, 11) is 0. The van der Waals surface area contributed by atoms with Crippen LogP contribution in [0.5, 0.6) is 0 Å². The summed E-state index contributed by atoms with van der Waals surface area (Å²) in [6.45, 7) is 6.79. The Kier molecular flexibility index (Phi) is 4.76. The Labute approximate surface area is 156 Å². The van der Waals surface area contributed by atoms with Crippen LogP contribution < -0.4 is 0 Å². The lowest BCUT2D eigenvalue weighted by Crippen LogP contribution is -2.39. The van der Waals surface area contributed by atoms with Crippen LogP contribution in [0.15, 0.2) is 12.1 Å². The Bertz CT molecular complexity index is 767. The number of hydrogen-bond acceptors (Lipinski definition) is 3. The Morgan fingerprint density at radius 2 is 1.88 bits per heavy atom. The third-order valence-corrected chi connectivity index (χ3v) is 5.60. The van der Waals surface area contributed by atoms with Crippen LogP contribution in [0.25, 0.3) is 0 Å². The molecule has 3 rings (SSSR count). The fraction of sp³-hybridized carbons (Fsp3) is 0.579. The summed E-state index contributed by atoms with van der Waals surface area (Å²) in [5.41, 5.74) is -0.0514. The number of hydrogen-bond donors (Lipinski definition) is 0. The molecule has 0 radical (unpaired) electrons. The van der Waals surface area contributed by atoms with E-state index in [1.54, 1.807) is 4.90 Å². The van der Waals surface area contributed by atoms with E-state index in [2.05, 4.69) is 20.8 Å². The molecule has 2 fully saturated rings. The topological polar surface area (TPSA) is 46.6 Å². The molecule has 1 amide bonds. The van der Waals surface area contributed by atoms with Gasteiger partial charge < -0.3 is 9.64 Å². The highest BCUT2D eigenvalue weighted by atomic mass is 35.5. The minimum absolute atomic E-state index is 0.0788. The lowest BCUT2D eigenvalue weighted by atomic mass is 9.65. The van der Waals surface area contributed by atoms with Crippen LogP contribution in [-0.4, -0.2) is 36.0 Å². The van der Waals surface area contributed by atoms with Crippen LogP contribution in [0.4, 0.5) is 8.78 Å². The van der Waals surface area contributed by atoms with E-state index in [4.69, 9.17) is 16.3 Å². The number of likely N-dealkylation sites (tertiary alicyclic amines) is 1. The molecular weight excluding hydrogens is 364 g/mol. The van der Waals surface area contributed by atoms with Crippen molar-refractivity contribution in [2.75, 3.05) is 13.2 Å². The Morgan fingerprint density at radius 3 is 2.58 bits per heavy atom. The molecule has 1 aliphatic carbocycles. The lowest BCUT2D eigenvalue weighted by molar-refractivity contribution is -0.135. The first-order valence-corrected chi connectivity index (χ1v) is 8.99. The van der Waals surface area contributed by atoms with Gasteiger partial charge in [-0.15, -0.1) is 0 Å². The second-order valence-electron chi connectivity index (χ2n) is 8.56. The molecule has 1 heterocycles. The standard InChI is InChI=1S/C19H22ClF2NO3/c1-18(2)6-11-7-19(3,9-18)10-23(11)16(24)8-26-17(25)12-4-14(21)15(22)5-13(12)20/h4-5,11H,6-10H2,1-3H3. The molecule has 1 aromatic rings. The van der Waals surface area contributed by atoms with Crippen LogP contribution in [0, 0.1) is 22.5 Å². The monoisotopic (exact) mass is 385 g/mol. The maximum absolute atomic E-state index is 13.3. The van der Waals surface area contributed by atoms with Crippen molar-refractivity contribution in [2.24, 2.45) is 10.8 Å². The second-order valence-corrected chi connectivity index (χ2v) is 8.96. The van der Waals surface area contributed by atoms with E-state index in [1.807, 2.05) is 0 Å². The first kappa shape index (κ1) is 19.1. The van der Waals surface area contributed by atoms with E-state index >= 15 is 0 Å². The Balaban J connectivity index is 1.65. The van der Waals surface area contributed by atoms with Gasteiger partial charge in [0.1, 0.15) is 0 Å². The van der Waals surface area contributed by atoms with Gasteiger partial charge in [-0.3, -0.25) is 4.79 Å².